The summed E-state index contributed by atoms with van der Waals surface area (Å²) in [6.07, 6.45) is 2.72. The number of furan rings is 1. The summed E-state index contributed by atoms with van der Waals surface area (Å²) in [6, 6.07) is 9.28. The van der Waals surface area contributed by atoms with Crippen molar-refractivity contribution in [3.05, 3.63) is 70.9 Å². The molecule has 4 heterocycles. The number of aryl methyl sites for hydroxylation is 3. The van der Waals surface area contributed by atoms with Gasteiger partial charge in [-0.25, -0.2) is 0 Å². The molecule has 2 atom stereocenters. The molecule has 2 bridgehead atoms. The Bertz CT molecular complexity index is 1400. The van der Waals surface area contributed by atoms with Crippen LogP contribution in [0.25, 0.3) is 0 Å². The fraction of sp³-hybridized carbons (Fsp3) is 0.429. The number of fused-ring (bicyclic) bond motifs is 3. The van der Waals surface area contributed by atoms with Gasteiger partial charge in [-0.2, -0.15) is 0 Å². The zero-order valence-corrected chi connectivity index (χ0v) is 22.6. The summed E-state index contributed by atoms with van der Waals surface area (Å²) < 4.78 is 7.17. The quantitative estimate of drug-likeness (QED) is 0.498. The molecule has 12 heteroatoms. The highest BCUT2D eigenvalue weighted by Gasteiger charge is 2.40. The van der Waals surface area contributed by atoms with E-state index in [0.29, 0.717) is 35.7 Å². The first-order chi connectivity index (χ1) is 19.3. The topological polar surface area (TPSA) is 143 Å². The molecule has 2 aliphatic heterocycles. The van der Waals surface area contributed by atoms with E-state index in [-0.39, 0.29) is 56.7 Å². The van der Waals surface area contributed by atoms with E-state index in [0.717, 1.165) is 5.56 Å². The van der Waals surface area contributed by atoms with Crippen LogP contribution in [0.5, 0.6) is 0 Å². The fourth-order valence-electron chi connectivity index (χ4n) is 5.21. The second kappa shape index (κ2) is 11.7. The van der Waals surface area contributed by atoms with Crippen LogP contribution in [0.3, 0.4) is 0 Å². The molecule has 2 N–H and O–H groups in total. The van der Waals surface area contributed by atoms with Crippen LogP contribution in [0.4, 0.5) is 0 Å². The number of rotatable bonds is 3. The maximum absolute atomic E-state index is 14.0. The van der Waals surface area contributed by atoms with Crippen LogP contribution in [0, 0.1) is 13.8 Å². The van der Waals surface area contributed by atoms with Crippen LogP contribution in [0.15, 0.2) is 47.0 Å². The molecular weight excluding hydrogens is 514 g/mol. The molecule has 0 radical (unpaired) electrons. The van der Waals surface area contributed by atoms with Crippen molar-refractivity contribution in [2.24, 2.45) is 0 Å². The van der Waals surface area contributed by atoms with Crippen molar-refractivity contribution < 1.29 is 23.6 Å². The van der Waals surface area contributed by atoms with E-state index in [1.165, 1.54) is 4.90 Å². The molecule has 4 amide bonds. The number of piperazine rings is 1. The van der Waals surface area contributed by atoms with Gasteiger partial charge in [0.25, 0.3) is 5.91 Å². The summed E-state index contributed by atoms with van der Waals surface area (Å²) in [5, 5.41) is 13.9. The number of benzene rings is 1. The number of nitrogens with zero attached hydrogens (tertiary/aromatic N) is 5. The first-order valence-corrected chi connectivity index (χ1v) is 13.5. The zero-order chi connectivity index (χ0) is 28.2. The van der Waals surface area contributed by atoms with Crippen molar-refractivity contribution in [3.63, 3.8) is 0 Å². The van der Waals surface area contributed by atoms with Gasteiger partial charge in [-0.3, -0.25) is 23.9 Å². The Morgan fingerprint density at radius 1 is 1.10 bits per heavy atom. The summed E-state index contributed by atoms with van der Waals surface area (Å²) in [7, 11) is 0. The minimum absolute atomic E-state index is 0.00122. The number of amides is 4. The lowest BCUT2D eigenvalue weighted by molar-refractivity contribution is -0.146. The first kappa shape index (κ1) is 27.1. The van der Waals surface area contributed by atoms with Gasteiger partial charge < -0.3 is 24.9 Å². The lowest BCUT2D eigenvalue weighted by atomic mass is 10.0. The third-order valence-corrected chi connectivity index (χ3v) is 7.26. The average molecular weight is 548 g/mol. The molecule has 2 aromatic heterocycles. The number of nitrogens with one attached hydrogen (secondary N) is 2. The van der Waals surface area contributed by atoms with Gasteiger partial charge in [0.05, 0.1) is 24.8 Å². The minimum Gasteiger partial charge on any atom is -0.466 e. The Hall–Kier alpha value is -4.48. The maximum atomic E-state index is 14.0. The van der Waals surface area contributed by atoms with Crippen molar-refractivity contribution in [2.75, 3.05) is 19.6 Å². The van der Waals surface area contributed by atoms with E-state index in [1.54, 1.807) is 35.7 Å². The third-order valence-electron chi connectivity index (χ3n) is 7.26. The fourth-order valence-corrected chi connectivity index (χ4v) is 5.21. The van der Waals surface area contributed by atoms with Crippen LogP contribution < -0.4 is 10.6 Å². The van der Waals surface area contributed by atoms with Crippen molar-refractivity contribution in [1.29, 1.82) is 0 Å². The van der Waals surface area contributed by atoms with Gasteiger partial charge in [-0.05, 0) is 31.9 Å². The van der Waals surface area contributed by atoms with Crippen molar-refractivity contribution in [3.8, 4) is 0 Å². The molecule has 12 nitrogen and oxygen atoms in total. The molecule has 1 aromatic carbocycles. The van der Waals surface area contributed by atoms with Crippen molar-refractivity contribution in [1.82, 2.24) is 35.4 Å². The van der Waals surface area contributed by atoms with Gasteiger partial charge in [0.15, 0.2) is 0 Å². The van der Waals surface area contributed by atoms with Gasteiger partial charge in [0.2, 0.25) is 17.7 Å². The zero-order valence-electron chi connectivity index (χ0n) is 22.6. The second-order valence-corrected chi connectivity index (χ2v) is 10.2. The first-order valence-electron chi connectivity index (χ1n) is 13.5. The van der Waals surface area contributed by atoms with Gasteiger partial charge >= 0.3 is 0 Å². The van der Waals surface area contributed by atoms with Gasteiger partial charge in [0.1, 0.15) is 29.3 Å². The molecule has 40 heavy (non-hydrogen) atoms. The highest BCUT2D eigenvalue weighted by atomic mass is 16.3. The summed E-state index contributed by atoms with van der Waals surface area (Å²) in [5.74, 6) is -0.179. The molecule has 0 unspecified atom stereocenters. The molecule has 0 spiro atoms. The van der Waals surface area contributed by atoms with E-state index in [1.807, 2.05) is 30.3 Å². The summed E-state index contributed by atoms with van der Waals surface area (Å²) in [6.45, 7) is 4.46. The minimum atomic E-state index is -0.964. The van der Waals surface area contributed by atoms with Gasteiger partial charge in [0, 0.05) is 32.5 Å². The molecule has 1 fully saturated rings. The SMILES string of the molecule is Cc1cc(C(=O)N2CCN3C(=O)[C@H](Cc4ccccc4)NC(=O)CCCn4cc(nn4)CNC(=O)[C@H]3C2)c(C)o1. The Morgan fingerprint density at radius 2 is 1.90 bits per heavy atom. The smallest absolute Gasteiger partial charge is 0.257 e. The summed E-state index contributed by atoms with van der Waals surface area (Å²) in [4.78, 5) is 56.9. The Labute approximate surface area is 231 Å². The summed E-state index contributed by atoms with van der Waals surface area (Å²) in [5.41, 5.74) is 1.87. The molecule has 210 valence electrons. The maximum Gasteiger partial charge on any atom is 0.257 e. The van der Waals surface area contributed by atoms with Gasteiger partial charge in [-0.1, -0.05) is 35.5 Å². The third kappa shape index (κ3) is 6.05. The van der Waals surface area contributed by atoms with Crippen LogP contribution in [0.2, 0.25) is 0 Å². The number of hydrogen-bond acceptors (Lipinski definition) is 7. The number of hydrogen-bond donors (Lipinski definition) is 2. The predicted molar refractivity (Wildman–Crippen MR) is 143 cm³/mol. The standard InChI is InChI=1S/C28H33N7O5/c1-18-13-22(19(2)40-18)27(38)33-11-12-35-24(17-33)26(37)29-15-21-16-34(32-31-21)10-6-9-25(36)30-23(28(35)39)14-20-7-4-3-5-8-20/h3-5,7-8,13,16,23-24H,6,9-12,14-15,17H2,1-2H3,(H,29,37)(H,30,36)/t23-,24+/m0/s1. The molecule has 1 saturated heterocycles. The molecular formula is C28H33N7O5. The van der Waals surface area contributed by atoms with Crippen LogP contribution in [-0.2, 0) is 33.9 Å². The average Bonchev–Trinajstić information content (AvgIpc) is 3.55. The van der Waals surface area contributed by atoms with E-state index in [4.69, 9.17) is 4.42 Å². The monoisotopic (exact) mass is 547 g/mol. The predicted octanol–water partition coefficient (Wildman–Crippen LogP) is 0.979. The van der Waals surface area contributed by atoms with Gasteiger partial charge in [-0.15, -0.1) is 5.10 Å². The van der Waals surface area contributed by atoms with Crippen LogP contribution >= 0.6 is 0 Å². The summed E-state index contributed by atoms with van der Waals surface area (Å²) >= 11 is 0. The molecule has 0 saturated carbocycles. The highest BCUT2D eigenvalue weighted by molar-refractivity contribution is 5.97. The molecule has 3 aromatic rings. The van der Waals surface area contributed by atoms with Crippen molar-refractivity contribution in [2.45, 2.75) is 58.3 Å². The van der Waals surface area contributed by atoms with Crippen LogP contribution in [-0.4, -0.2) is 80.1 Å². The van der Waals surface area contributed by atoms with E-state index in [9.17, 15) is 19.2 Å². The Balaban J connectivity index is 1.44. The molecule has 0 aliphatic carbocycles. The van der Waals surface area contributed by atoms with E-state index in [2.05, 4.69) is 20.9 Å². The number of aromatic nitrogens is 3. The molecule has 5 rings (SSSR count). The lowest BCUT2D eigenvalue weighted by Gasteiger charge is -2.41. The number of carbonyl (C=O) groups excluding carboxylic acids is 4. The van der Waals surface area contributed by atoms with E-state index < -0.39 is 18.0 Å². The van der Waals surface area contributed by atoms with Crippen molar-refractivity contribution >= 4 is 23.6 Å². The second-order valence-electron chi connectivity index (χ2n) is 10.2. The Kier molecular flexibility index (Phi) is 7.94. The highest BCUT2D eigenvalue weighted by Crippen LogP contribution is 2.20. The van der Waals surface area contributed by atoms with Crippen LogP contribution in [0.1, 0.15) is 46.0 Å². The van der Waals surface area contributed by atoms with E-state index >= 15 is 0 Å². The normalized spacial score (nSPS) is 20.7. The largest absolute Gasteiger partial charge is 0.466 e. The lowest BCUT2D eigenvalue weighted by Crippen LogP contribution is -2.64. The molecule has 2 aliphatic rings. The number of carbonyl (C=O) groups is 4. The Morgan fingerprint density at radius 3 is 2.65 bits per heavy atom.